The number of hydrogen-bond donors (Lipinski definition) is 2. The van der Waals surface area contributed by atoms with Crippen LogP contribution in [-0.2, 0) is 0 Å². The summed E-state index contributed by atoms with van der Waals surface area (Å²) in [4.78, 5) is 22.1. The Morgan fingerprint density at radius 2 is 1.79 bits per heavy atom. The zero-order valence-electron chi connectivity index (χ0n) is 14.4. The topological polar surface area (TPSA) is 57.8 Å². The van der Waals surface area contributed by atoms with Crippen molar-refractivity contribution in [2.24, 2.45) is 23.2 Å². The quantitative estimate of drug-likeness (QED) is 0.877. The van der Waals surface area contributed by atoms with Crippen molar-refractivity contribution in [3.63, 3.8) is 0 Å². The van der Waals surface area contributed by atoms with Crippen LogP contribution in [0.1, 0.15) is 49.0 Å². The Morgan fingerprint density at radius 3 is 2.42 bits per heavy atom. The Hall–Kier alpha value is -1.36. The molecule has 2 aromatic heterocycles. The molecule has 0 spiro atoms. The molecule has 0 aliphatic heterocycles. The van der Waals surface area contributed by atoms with Crippen LogP contribution in [-0.4, -0.2) is 16.5 Å². The van der Waals surface area contributed by atoms with Gasteiger partial charge in [-0.15, -0.1) is 11.3 Å². The summed E-state index contributed by atoms with van der Waals surface area (Å²) in [5.41, 5.74) is 1.51. The summed E-state index contributed by atoms with van der Waals surface area (Å²) in [5, 5.41) is 4.27. The second-order valence-corrected chi connectivity index (χ2v) is 9.85. The normalized spacial score (nSPS) is 34.2. The van der Waals surface area contributed by atoms with E-state index in [0.717, 1.165) is 40.1 Å². The summed E-state index contributed by atoms with van der Waals surface area (Å²) < 4.78 is 0. The highest BCUT2D eigenvalue weighted by Crippen LogP contribution is 2.59. The SMILES string of the molecule is Cc1sc2nc(NCC34CC5CC(CC(C5)C3)C4)[nH]c(=O)c2c1C. The Morgan fingerprint density at radius 1 is 1.17 bits per heavy atom. The number of aryl methyl sites for hydroxylation is 2. The molecule has 4 bridgehead atoms. The maximum Gasteiger partial charge on any atom is 0.261 e. The molecule has 5 heteroatoms. The maximum atomic E-state index is 12.4. The molecule has 128 valence electrons. The highest BCUT2D eigenvalue weighted by atomic mass is 32.1. The average molecular weight is 343 g/mol. The Kier molecular flexibility index (Phi) is 3.16. The number of fused-ring (bicyclic) bond motifs is 1. The molecule has 6 rings (SSSR count). The van der Waals surface area contributed by atoms with Crippen molar-refractivity contribution in [2.45, 2.75) is 52.4 Å². The number of hydrogen-bond acceptors (Lipinski definition) is 4. The van der Waals surface area contributed by atoms with E-state index in [1.807, 2.05) is 6.92 Å². The lowest BCUT2D eigenvalue weighted by Gasteiger charge is -2.56. The van der Waals surface area contributed by atoms with Crippen LogP contribution in [0.2, 0.25) is 0 Å². The summed E-state index contributed by atoms with van der Waals surface area (Å²) in [6, 6.07) is 0. The van der Waals surface area contributed by atoms with Gasteiger partial charge in [-0.3, -0.25) is 9.78 Å². The molecular formula is C19H25N3OS. The fourth-order valence-corrected chi connectivity index (χ4v) is 7.15. The van der Waals surface area contributed by atoms with Gasteiger partial charge in [-0.05, 0) is 81.1 Å². The van der Waals surface area contributed by atoms with E-state index < -0.39 is 0 Å². The van der Waals surface area contributed by atoms with Crippen LogP contribution in [0, 0.1) is 37.0 Å². The Labute approximate surface area is 146 Å². The van der Waals surface area contributed by atoms with Crippen molar-refractivity contribution in [1.29, 1.82) is 0 Å². The largest absolute Gasteiger partial charge is 0.355 e. The molecular weight excluding hydrogens is 318 g/mol. The molecule has 0 unspecified atom stereocenters. The standard InChI is InChI=1S/C19H25N3OS/c1-10-11(2)24-17-15(10)16(23)21-18(22-17)20-9-19-6-12-3-13(7-19)5-14(4-12)8-19/h12-14H,3-9H2,1-2H3,(H2,20,21,22,23). The van der Waals surface area contributed by atoms with Crippen molar-refractivity contribution >= 4 is 27.5 Å². The first-order valence-corrected chi connectivity index (χ1v) is 10.1. The lowest BCUT2D eigenvalue weighted by atomic mass is 9.49. The van der Waals surface area contributed by atoms with E-state index in [1.54, 1.807) is 11.3 Å². The van der Waals surface area contributed by atoms with Crippen LogP contribution in [0.15, 0.2) is 4.79 Å². The zero-order chi connectivity index (χ0) is 16.5. The molecule has 24 heavy (non-hydrogen) atoms. The van der Waals surface area contributed by atoms with Crippen molar-refractivity contribution in [3.8, 4) is 0 Å². The number of aromatic nitrogens is 2. The minimum atomic E-state index is -0.00476. The van der Waals surface area contributed by atoms with Crippen LogP contribution in [0.25, 0.3) is 10.2 Å². The Balaban J connectivity index is 1.41. The van der Waals surface area contributed by atoms with Gasteiger partial charge >= 0.3 is 0 Å². The monoisotopic (exact) mass is 343 g/mol. The predicted molar refractivity (Wildman–Crippen MR) is 98.8 cm³/mol. The van der Waals surface area contributed by atoms with E-state index in [9.17, 15) is 4.79 Å². The van der Waals surface area contributed by atoms with E-state index in [0.29, 0.717) is 11.4 Å². The second-order valence-electron chi connectivity index (χ2n) is 8.65. The summed E-state index contributed by atoms with van der Waals surface area (Å²) in [6.07, 6.45) is 8.51. The van der Waals surface area contributed by atoms with Crippen LogP contribution in [0.3, 0.4) is 0 Å². The highest BCUT2D eigenvalue weighted by molar-refractivity contribution is 7.18. The van der Waals surface area contributed by atoms with Gasteiger partial charge in [0.25, 0.3) is 5.56 Å². The van der Waals surface area contributed by atoms with Gasteiger partial charge in [0.1, 0.15) is 4.83 Å². The fraction of sp³-hybridized carbons (Fsp3) is 0.684. The van der Waals surface area contributed by atoms with E-state index in [4.69, 9.17) is 0 Å². The first-order chi connectivity index (χ1) is 11.5. The smallest absolute Gasteiger partial charge is 0.261 e. The molecule has 4 nitrogen and oxygen atoms in total. The number of anilines is 1. The predicted octanol–water partition coefficient (Wildman–Crippen LogP) is 4.23. The lowest BCUT2D eigenvalue weighted by Crippen LogP contribution is -2.49. The first kappa shape index (κ1) is 14.9. The van der Waals surface area contributed by atoms with Crippen molar-refractivity contribution in [3.05, 3.63) is 20.8 Å². The van der Waals surface area contributed by atoms with Gasteiger partial charge in [-0.2, -0.15) is 0 Å². The Bertz CT molecular complexity index is 830. The van der Waals surface area contributed by atoms with Gasteiger partial charge in [0.15, 0.2) is 0 Å². The summed E-state index contributed by atoms with van der Waals surface area (Å²) >= 11 is 1.62. The van der Waals surface area contributed by atoms with E-state index in [2.05, 4.69) is 22.2 Å². The molecule has 2 aromatic rings. The number of aromatic amines is 1. The molecule has 4 aliphatic rings. The molecule has 4 saturated carbocycles. The van der Waals surface area contributed by atoms with Crippen LogP contribution < -0.4 is 10.9 Å². The minimum Gasteiger partial charge on any atom is -0.355 e. The summed E-state index contributed by atoms with van der Waals surface area (Å²) in [6.45, 7) is 5.03. The summed E-state index contributed by atoms with van der Waals surface area (Å²) in [5.74, 6) is 3.52. The van der Waals surface area contributed by atoms with Crippen molar-refractivity contribution < 1.29 is 0 Å². The molecule has 4 aliphatic carbocycles. The maximum absolute atomic E-state index is 12.4. The van der Waals surface area contributed by atoms with Gasteiger partial charge in [0.2, 0.25) is 5.95 Å². The fourth-order valence-electron chi connectivity index (χ4n) is 6.12. The van der Waals surface area contributed by atoms with E-state index in [1.165, 1.54) is 43.4 Å². The van der Waals surface area contributed by atoms with Gasteiger partial charge in [0.05, 0.1) is 5.39 Å². The van der Waals surface area contributed by atoms with Gasteiger partial charge < -0.3 is 5.32 Å². The zero-order valence-corrected chi connectivity index (χ0v) is 15.3. The molecule has 2 N–H and O–H groups in total. The van der Waals surface area contributed by atoms with E-state index in [-0.39, 0.29) is 5.56 Å². The van der Waals surface area contributed by atoms with Crippen LogP contribution in [0.5, 0.6) is 0 Å². The number of thiophene rings is 1. The number of nitrogens with zero attached hydrogens (tertiary/aromatic N) is 1. The molecule has 2 heterocycles. The van der Waals surface area contributed by atoms with Gasteiger partial charge in [-0.1, -0.05) is 0 Å². The van der Waals surface area contributed by atoms with Gasteiger partial charge in [-0.25, -0.2) is 4.98 Å². The molecule has 4 fully saturated rings. The number of rotatable bonds is 3. The van der Waals surface area contributed by atoms with Gasteiger partial charge in [0, 0.05) is 11.4 Å². The van der Waals surface area contributed by atoms with Crippen molar-refractivity contribution in [1.82, 2.24) is 9.97 Å². The molecule has 0 saturated heterocycles. The third kappa shape index (κ3) is 2.24. The number of nitrogens with one attached hydrogen (secondary N) is 2. The van der Waals surface area contributed by atoms with Crippen molar-refractivity contribution in [2.75, 3.05) is 11.9 Å². The third-order valence-corrected chi connectivity index (χ3v) is 7.94. The minimum absolute atomic E-state index is 0.00476. The van der Waals surface area contributed by atoms with Crippen LogP contribution in [0.4, 0.5) is 5.95 Å². The molecule has 0 radical (unpaired) electrons. The average Bonchev–Trinajstić information content (AvgIpc) is 2.79. The summed E-state index contributed by atoms with van der Waals surface area (Å²) in [7, 11) is 0. The first-order valence-electron chi connectivity index (χ1n) is 9.25. The third-order valence-electron chi connectivity index (χ3n) is 6.83. The van der Waals surface area contributed by atoms with Crippen LogP contribution >= 0.6 is 11.3 Å². The highest BCUT2D eigenvalue weighted by Gasteiger charge is 2.50. The number of H-pyrrole nitrogens is 1. The molecule has 0 amide bonds. The van der Waals surface area contributed by atoms with E-state index >= 15 is 0 Å². The lowest BCUT2D eigenvalue weighted by molar-refractivity contribution is -0.0445. The second kappa shape index (κ2) is 5.07. The molecule has 0 aromatic carbocycles. The molecule has 0 atom stereocenters.